The van der Waals surface area contributed by atoms with Crippen LogP contribution in [0.15, 0.2) is 36.4 Å². The molecule has 0 aliphatic heterocycles. The Morgan fingerprint density at radius 1 is 1.08 bits per heavy atom. The van der Waals surface area contributed by atoms with Gasteiger partial charge in [0.05, 0.1) is 31.3 Å². The second kappa shape index (κ2) is 8.38. The topological polar surface area (TPSA) is 42.8 Å². The molecule has 0 aliphatic rings. The van der Waals surface area contributed by atoms with Crippen molar-refractivity contribution in [1.82, 2.24) is 5.32 Å². The molecular formula is C18H21Cl2N2O2+. The minimum absolute atomic E-state index is 0.233. The lowest BCUT2D eigenvalue weighted by atomic mass is 10.1. The summed E-state index contributed by atoms with van der Waals surface area (Å²) in [5.41, 5.74) is 2.70. The maximum atomic E-state index is 12.3. The van der Waals surface area contributed by atoms with E-state index in [0.717, 1.165) is 12.1 Å². The molecule has 0 aliphatic carbocycles. The molecule has 128 valence electrons. The second-order valence-electron chi connectivity index (χ2n) is 5.86. The standard InChI is InChI=1S/C18H20Cl2N2O2/c1-22(2)11-13-6-4-12(5-7-13)10-21-18(23)14-8-15(19)17(24-3)16(20)9-14/h4-9H,10-11H2,1-3H3,(H,21,23)/p+1. The van der Waals surface area contributed by atoms with E-state index in [2.05, 4.69) is 31.5 Å². The number of carbonyl (C=O) groups is 1. The van der Waals surface area contributed by atoms with Crippen molar-refractivity contribution in [1.29, 1.82) is 0 Å². The van der Waals surface area contributed by atoms with E-state index in [1.165, 1.54) is 17.6 Å². The number of methoxy groups -OCH3 is 1. The van der Waals surface area contributed by atoms with Crippen molar-refractivity contribution < 1.29 is 14.4 Å². The maximum Gasteiger partial charge on any atom is 0.251 e. The molecule has 0 aromatic heterocycles. The van der Waals surface area contributed by atoms with Gasteiger partial charge in [-0.05, 0) is 17.7 Å². The molecule has 0 bridgehead atoms. The summed E-state index contributed by atoms with van der Waals surface area (Å²) in [5.74, 6) is 0.136. The number of halogens is 2. The van der Waals surface area contributed by atoms with Gasteiger partial charge < -0.3 is 15.0 Å². The molecule has 0 saturated heterocycles. The summed E-state index contributed by atoms with van der Waals surface area (Å²) < 4.78 is 5.08. The highest BCUT2D eigenvalue weighted by Gasteiger charge is 2.13. The van der Waals surface area contributed by atoms with Crippen LogP contribution in [0.1, 0.15) is 21.5 Å². The van der Waals surface area contributed by atoms with Crippen LogP contribution in [0.5, 0.6) is 5.75 Å². The molecule has 2 N–H and O–H groups in total. The molecule has 0 spiro atoms. The van der Waals surface area contributed by atoms with E-state index < -0.39 is 0 Å². The van der Waals surface area contributed by atoms with Crippen LogP contribution in [0.3, 0.4) is 0 Å². The Balaban J connectivity index is 2.00. The number of nitrogens with one attached hydrogen (secondary N) is 2. The lowest BCUT2D eigenvalue weighted by Gasteiger charge is -2.10. The molecule has 24 heavy (non-hydrogen) atoms. The maximum absolute atomic E-state index is 12.3. The number of hydrogen-bond acceptors (Lipinski definition) is 2. The van der Waals surface area contributed by atoms with Crippen LogP contribution < -0.4 is 15.0 Å². The molecule has 2 aromatic rings. The first-order chi connectivity index (χ1) is 11.4. The first-order valence-corrected chi connectivity index (χ1v) is 8.34. The Bertz CT molecular complexity index is 692. The van der Waals surface area contributed by atoms with Gasteiger partial charge in [0, 0.05) is 17.7 Å². The van der Waals surface area contributed by atoms with Crippen molar-refractivity contribution in [2.75, 3.05) is 21.2 Å². The van der Waals surface area contributed by atoms with Gasteiger partial charge in [0.25, 0.3) is 5.91 Å². The van der Waals surface area contributed by atoms with Crippen LogP contribution in [0.2, 0.25) is 10.0 Å². The third kappa shape index (κ3) is 4.87. The highest BCUT2D eigenvalue weighted by atomic mass is 35.5. The van der Waals surface area contributed by atoms with Gasteiger partial charge in [-0.1, -0.05) is 47.5 Å². The highest BCUT2D eigenvalue weighted by Crippen LogP contribution is 2.33. The summed E-state index contributed by atoms with van der Waals surface area (Å²) in [6.45, 7) is 1.41. The minimum atomic E-state index is -0.233. The molecule has 0 saturated carbocycles. The van der Waals surface area contributed by atoms with E-state index in [-0.39, 0.29) is 5.91 Å². The van der Waals surface area contributed by atoms with Crippen molar-refractivity contribution in [2.45, 2.75) is 13.1 Å². The number of carbonyl (C=O) groups excluding carboxylic acids is 1. The van der Waals surface area contributed by atoms with Gasteiger partial charge in [0.2, 0.25) is 0 Å². The summed E-state index contributed by atoms with van der Waals surface area (Å²) in [4.78, 5) is 13.6. The van der Waals surface area contributed by atoms with E-state index in [1.807, 2.05) is 12.1 Å². The number of amides is 1. The smallest absolute Gasteiger partial charge is 0.251 e. The lowest BCUT2D eigenvalue weighted by molar-refractivity contribution is -0.872. The van der Waals surface area contributed by atoms with E-state index in [0.29, 0.717) is 27.9 Å². The Hall–Kier alpha value is -1.75. The fourth-order valence-corrected chi connectivity index (χ4v) is 2.99. The van der Waals surface area contributed by atoms with Crippen molar-refractivity contribution >= 4 is 29.1 Å². The second-order valence-corrected chi connectivity index (χ2v) is 6.67. The zero-order chi connectivity index (χ0) is 17.7. The van der Waals surface area contributed by atoms with Crippen LogP contribution >= 0.6 is 23.2 Å². The van der Waals surface area contributed by atoms with Gasteiger partial charge in [-0.3, -0.25) is 4.79 Å². The van der Waals surface area contributed by atoms with Gasteiger partial charge in [-0.15, -0.1) is 0 Å². The Labute approximate surface area is 152 Å². The predicted octanol–water partition coefficient (Wildman–Crippen LogP) is 2.58. The molecule has 6 heteroatoms. The Kier molecular flexibility index (Phi) is 6.49. The molecule has 0 unspecified atom stereocenters. The van der Waals surface area contributed by atoms with Gasteiger partial charge >= 0.3 is 0 Å². The van der Waals surface area contributed by atoms with Gasteiger partial charge in [0.1, 0.15) is 6.54 Å². The molecular weight excluding hydrogens is 347 g/mol. The fourth-order valence-electron chi connectivity index (χ4n) is 2.35. The quantitative estimate of drug-likeness (QED) is 0.823. The normalized spacial score (nSPS) is 10.8. The first kappa shape index (κ1) is 18.6. The average molecular weight is 368 g/mol. The van der Waals surface area contributed by atoms with Crippen molar-refractivity contribution in [2.24, 2.45) is 0 Å². The third-order valence-electron chi connectivity index (χ3n) is 3.50. The number of hydrogen-bond donors (Lipinski definition) is 2. The average Bonchev–Trinajstić information content (AvgIpc) is 2.53. The van der Waals surface area contributed by atoms with Crippen molar-refractivity contribution in [3.05, 3.63) is 63.1 Å². The summed E-state index contributed by atoms with van der Waals surface area (Å²) in [5, 5.41) is 3.49. The zero-order valence-electron chi connectivity index (χ0n) is 14.0. The number of benzene rings is 2. The minimum Gasteiger partial charge on any atom is -0.494 e. The molecule has 2 rings (SSSR count). The summed E-state index contributed by atoms with van der Waals surface area (Å²) in [6.07, 6.45) is 0. The van der Waals surface area contributed by atoms with E-state index in [9.17, 15) is 4.79 Å². The summed E-state index contributed by atoms with van der Waals surface area (Å²) in [7, 11) is 5.70. The highest BCUT2D eigenvalue weighted by molar-refractivity contribution is 6.37. The van der Waals surface area contributed by atoms with Gasteiger partial charge in [-0.2, -0.15) is 0 Å². The summed E-state index contributed by atoms with van der Waals surface area (Å²) >= 11 is 12.1. The van der Waals surface area contributed by atoms with Crippen LogP contribution in [0, 0.1) is 0 Å². The van der Waals surface area contributed by atoms with Crippen LogP contribution in [0.4, 0.5) is 0 Å². The largest absolute Gasteiger partial charge is 0.494 e. The Morgan fingerprint density at radius 3 is 2.12 bits per heavy atom. The molecule has 0 atom stereocenters. The molecule has 1 amide bonds. The molecule has 4 nitrogen and oxygen atoms in total. The number of ether oxygens (including phenoxy) is 1. The van der Waals surface area contributed by atoms with Crippen LogP contribution in [-0.4, -0.2) is 27.1 Å². The lowest BCUT2D eigenvalue weighted by Crippen LogP contribution is -3.04. The SMILES string of the molecule is COc1c(Cl)cc(C(=O)NCc2ccc(C[NH+](C)C)cc2)cc1Cl. The van der Waals surface area contributed by atoms with E-state index in [4.69, 9.17) is 27.9 Å². The molecule has 0 heterocycles. The van der Waals surface area contributed by atoms with Gasteiger partial charge in [0.15, 0.2) is 5.75 Å². The number of rotatable bonds is 6. The monoisotopic (exact) mass is 367 g/mol. The van der Waals surface area contributed by atoms with E-state index in [1.54, 1.807) is 12.1 Å². The number of quaternary nitrogens is 1. The van der Waals surface area contributed by atoms with Gasteiger partial charge in [-0.25, -0.2) is 0 Å². The summed E-state index contributed by atoms with van der Waals surface area (Å²) in [6, 6.07) is 11.3. The fraction of sp³-hybridized carbons (Fsp3) is 0.278. The third-order valence-corrected chi connectivity index (χ3v) is 4.06. The van der Waals surface area contributed by atoms with Crippen LogP contribution in [-0.2, 0) is 13.1 Å². The zero-order valence-corrected chi connectivity index (χ0v) is 15.5. The first-order valence-electron chi connectivity index (χ1n) is 7.58. The Morgan fingerprint density at radius 2 is 1.62 bits per heavy atom. The molecule has 0 fully saturated rings. The van der Waals surface area contributed by atoms with Crippen molar-refractivity contribution in [3.63, 3.8) is 0 Å². The predicted molar refractivity (Wildman–Crippen MR) is 97.1 cm³/mol. The molecule has 2 aromatic carbocycles. The van der Waals surface area contributed by atoms with Crippen molar-refractivity contribution in [3.8, 4) is 5.75 Å². The van der Waals surface area contributed by atoms with E-state index >= 15 is 0 Å². The van der Waals surface area contributed by atoms with Crippen LogP contribution in [0.25, 0.3) is 0 Å². The molecule has 0 radical (unpaired) electrons.